The zero-order valence-corrected chi connectivity index (χ0v) is 19.7. The molecule has 5 rings (SSSR count). The second kappa shape index (κ2) is 8.38. The number of halogens is 1. The molecule has 32 heavy (non-hydrogen) atoms. The van der Waals surface area contributed by atoms with Crippen molar-refractivity contribution in [3.63, 3.8) is 0 Å². The van der Waals surface area contributed by atoms with Crippen LogP contribution in [0.5, 0.6) is 0 Å². The summed E-state index contributed by atoms with van der Waals surface area (Å²) in [4.78, 5) is 4.92. The van der Waals surface area contributed by atoms with Crippen molar-refractivity contribution in [1.82, 2.24) is 14.8 Å². The van der Waals surface area contributed by atoms with Crippen molar-refractivity contribution in [2.24, 2.45) is 0 Å². The Kier molecular flexibility index (Phi) is 5.41. The van der Waals surface area contributed by atoms with Crippen molar-refractivity contribution < 1.29 is 0 Å². The molecule has 0 unspecified atom stereocenters. The topological polar surface area (TPSA) is 30.7 Å². The van der Waals surface area contributed by atoms with Gasteiger partial charge in [0.05, 0.1) is 17.1 Å². The van der Waals surface area contributed by atoms with E-state index in [9.17, 15) is 0 Å². The Morgan fingerprint density at radius 1 is 0.719 bits per heavy atom. The Hall–Kier alpha value is -3.21. The summed E-state index contributed by atoms with van der Waals surface area (Å²) in [5.74, 6) is 0. The van der Waals surface area contributed by atoms with Crippen LogP contribution in [0.2, 0.25) is 5.02 Å². The molecule has 0 saturated carbocycles. The van der Waals surface area contributed by atoms with Crippen LogP contribution in [0.1, 0.15) is 16.7 Å². The van der Waals surface area contributed by atoms with E-state index >= 15 is 0 Å². The van der Waals surface area contributed by atoms with Crippen LogP contribution in [-0.4, -0.2) is 14.8 Å². The standard InChI is InChI=1S/C27H22ClN3S/c1-17-4-8-21(9-5-17)25-19(3)26(22-10-6-18(2)7-11-22)31(30-25)27-29-24(16-32-27)20-12-14-23(28)15-13-20/h4-16H,1-3H3. The number of hydrogen-bond donors (Lipinski definition) is 0. The molecule has 3 nitrogen and oxygen atoms in total. The summed E-state index contributed by atoms with van der Waals surface area (Å²) < 4.78 is 1.99. The maximum Gasteiger partial charge on any atom is 0.211 e. The maximum absolute atomic E-state index is 6.06. The Morgan fingerprint density at radius 3 is 1.91 bits per heavy atom. The lowest BCUT2D eigenvalue weighted by Crippen LogP contribution is -1.99. The minimum Gasteiger partial charge on any atom is -0.218 e. The first-order valence-corrected chi connectivity index (χ1v) is 11.7. The van der Waals surface area contributed by atoms with E-state index in [4.69, 9.17) is 21.7 Å². The van der Waals surface area contributed by atoms with Crippen LogP contribution in [0.3, 0.4) is 0 Å². The zero-order valence-electron chi connectivity index (χ0n) is 18.1. The van der Waals surface area contributed by atoms with E-state index in [2.05, 4.69) is 74.7 Å². The smallest absolute Gasteiger partial charge is 0.211 e. The maximum atomic E-state index is 6.06. The number of thiazole rings is 1. The minimum atomic E-state index is 0.719. The Balaban J connectivity index is 1.67. The molecule has 3 aromatic carbocycles. The molecule has 0 amide bonds. The number of rotatable bonds is 4. The van der Waals surface area contributed by atoms with Crippen molar-refractivity contribution in [3.8, 4) is 38.9 Å². The fraction of sp³-hybridized carbons (Fsp3) is 0.111. The highest BCUT2D eigenvalue weighted by atomic mass is 35.5. The van der Waals surface area contributed by atoms with E-state index in [1.54, 1.807) is 11.3 Å². The predicted octanol–water partition coefficient (Wildman–Crippen LogP) is 7.91. The first-order chi connectivity index (χ1) is 15.5. The number of hydrogen-bond acceptors (Lipinski definition) is 3. The molecule has 158 valence electrons. The van der Waals surface area contributed by atoms with Gasteiger partial charge in [-0.25, -0.2) is 9.67 Å². The van der Waals surface area contributed by atoms with Gasteiger partial charge in [-0.05, 0) is 32.9 Å². The van der Waals surface area contributed by atoms with Crippen LogP contribution in [0.4, 0.5) is 0 Å². The summed E-state index contributed by atoms with van der Waals surface area (Å²) in [5.41, 5.74) is 9.84. The van der Waals surface area contributed by atoms with Gasteiger partial charge < -0.3 is 0 Å². The van der Waals surface area contributed by atoms with Gasteiger partial charge in [0.2, 0.25) is 5.13 Å². The number of aryl methyl sites for hydroxylation is 2. The third kappa shape index (κ3) is 3.88. The lowest BCUT2D eigenvalue weighted by Gasteiger charge is -2.06. The van der Waals surface area contributed by atoms with Crippen molar-refractivity contribution in [3.05, 3.63) is 99.9 Å². The molecule has 2 heterocycles. The summed E-state index contributed by atoms with van der Waals surface area (Å²) in [6.07, 6.45) is 0. The molecule has 5 aromatic rings. The minimum absolute atomic E-state index is 0.719. The van der Waals surface area contributed by atoms with Gasteiger partial charge in [0.1, 0.15) is 0 Å². The summed E-state index contributed by atoms with van der Waals surface area (Å²) in [5, 5.41) is 8.67. The molecule has 0 aliphatic heterocycles. The normalized spacial score (nSPS) is 11.1. The van der Waals surface area contributed by atoms with Gasteiger partial charge in [0.25, 0.3) is 0 Å². The average molecular weight is 456 g/mol. The van der Waals surface area contributed by atoms with E-state index in [1.807, 2.05) is 28.9 Å². The molecule has 0 atom stereocenters. The third-order valence-corrected chi connectivity index (χ3v) is 6.65. The summed E-state index contributed by atoms with van der Waals surface area (Å²) in [6.45, 7) is 6.34. The molecule has 2 aromatic heterocycles. The first-order valence-electron chi connectivity index (χ1n) is 10.4. The van der Waals surface area contributed by atoms with Crippen LogP contribution in [0.25, 0.3) is 38.9 Å². The molecule has 0 aliphatic carbocycles. The second-order valence-electron chi connectivity index (χ2n) is 7.99. The van der Waals surface area contributed by atoms with Crippen LogP contribution in [-0.2, 0) is 0 Å². The lowest BCUT2D eigenvalue weighted by molar-refractivity contribution is 0.881. The molecule has 5 heteroatoms. The van der Waals surface area contributed by atoms with Crippen molar-refractivity contribution in [2.75, 3.05) is 0 Å². The number of aromatic nitrogens is 3. The molecule has 0 aliphatic rings. The second-order valence-corrected chi connectivity index (χ2v) is 9.26. The van der Waals surface area contributed by atoms with Crippen molar-refractivity contribution in [2.45, 2.75) is 20.8 Å². The highest BCUT2D eigenvalue weighted by molar-refractivity contribution is 7.12. The molecule has 0 bridgehead atoms. The summed E-state index contributed by atoms with van der Waals surface area (Å²) in [7, 11) is 0. The number of benzene rings is 3. The van der Waals surface area contributed by atoms with Gasteiger partial charge in [-0.3, -0.25) is 0 Å². The van der Waals surface area contributed by atoms with Gasteiger partial charge in [0, 0.05) is 32.7 Å². The van der Waals surface area contributed by atoms with Gasteiger partial charge in [0.15, 0.2) is 0 Å². The monoisotopic (exact) mass is 455 g/mol. The van der Waals surface area contributed by atoms with Crippen LogP contribution in [0, 0.1) is 20.8 Å². The fourth-order valence-corrected chi connectivity index (χ4v) is 4.70. The highest BCUT2D eigenvalue weighted by Crippen LogP contribution is 2.35. The van der Waals surface area contributed by atoms with E-state index in [1.165, 1.54) is 11.1 Å². The first kappa shape index (κ1) is 20.7. The lowest BCUT2D eigenvalue weighted by atomic mass is 10.0. The van der Waals surface area contributed by atoms with Crippen LogP contribution >= 0.6 is 22.9 Å². The van der Waals surface area contributed by atoms with Crippen molar-refractivity contribution in [1.29, 1.82) is 0 Å². The highest BCUT2D eigenvalue weighted by Gasteiger charge is 2.20. The quantitative estimate of drug-likeness (QED) is 0.275. The molecular weight excluding hydrogens is 434 g/mol. The average Bonchev–Trinajstić information content (AvgIpc) is 3.41. The summed E-state index contributed by atoms with van der Waals surface area (Å²) in [6, 6.07) is 24.9. The van der Waals surface area contributed by atoms with E-state index in [0.717, 1.165) is 49.5 Å². The molecule has 0 radical (unpaired) electrons. The molecule has 0 fully saturated rings. The molecule has 0 N–H and O–H groups in total. The Bertz CT molecular complexity index is 1380. The van der Waals surface area contributed by atoms with E-state index in [-0.39, 0.29) is 0 Å². The van der Waals surface area contributed by atoms with Gasteiger partial charge >= 0.3 is 0 Å². The SMILES string of the molecule is Cc1ccc(-c2nn(-c3nc(-c4ccc(Cl)cc4)cs3)c(-c3ccc(C)cc3)c2C)cc1. The summed E-state index contributed by atoms with van der Waals surface area (Å²) >= 11 is 7.65. The predicted molar refractivity (Wildman–Crippen MR) is 135 cm³/mol. The van der Waals surface area contributed by atoms with E-state index in [0.29, 0.717) is 0 Å². The third-order valence-electron chi connectivity index (χ3n) is 5.59. The zero-order chi connectivity index (χ0) is 22.2. The fourth-order valence-electron chi connectivity index (χ4n) is 3.79. The largest absolute Gasteiger partial charge is 0.218 e. The van der Waals surface area contributed by atoms with Gasteiger partial charge in [-0.2, -0.15) is 5.10 Å². The molecule has 0 saturated heterocycles. The Morgan fingerprint density at radius 2 is 1.28 bits per heavy atom. The number of nitrogens with zero attached hydrogens (tertiary/aromatic N) is 3. The van der Waals surface area contributed by atoms with E-state index < -0.39 is 0 Å². The molecule has 0 spiro atoms. The van der Waals surface area contributed by atoms with Gasteiger partial charge in [-0.1, -0.05) is 83.4 Å². The molecular formula is C27H22ClN3S. The van der Waals surface area contributed by atoms with Crippen LogP contribution < -0.4 is 0 Å². The Labute approximate surface area is 197 Å². The van der Waals surface area contributed by atoms with Gasteiger partial charge in [-0.15, -0.1) is 11.3 Å². The van der Waals surface area contributed by atoms with Crippen LogP contribution in [0.15, 0.2) is 78.2 Å². The van der Waals surface area contributed by atoms with Crippen molar-refractivity contribution >= 4 is 22.9 Å².